The molecule has 24 heavy (non-hydrogen) atoms. The van der Waals surface area contributed by atoms with Crippen molar-refractivity contribution in [2.45, 2.75) is 65.3 Å². The molecule has 1 aliphatic carbocycles. The van der Waals surface area contributed by atoms with Crippen molar-refractivity contribution in [1.82, 2.24) is 9.97 Å². The van der Waals surface area contributed by atoms with Crippen molar-refractivity contribution in [3.8, 4) is 0 Å². The van der Waals surface area contributed by atoms with Crippen LogP contribution in [0.1, 0.15) is 55.3 Å². The SMILES string of the molecule is Cc1cc(NC2CCCCCC2)nc(Nc2cccc(C)c2C)n1. The van der Waals surface area contributed by atoms with Crippen molar-refractivity contribution >= 4 is 17.5 Å². The van der Waals surface area contributed by atoms with Crippen molar-refractivity contribution in [3.05, 3.63) is 41.1 Å². The zero-order valence-electron chi connectivity index (χ0n) is 15.0. The molecule has 1 aromatic heterocycles. The molecule has 4 nitrogen and oxygen atoms in total. The van der Waals surface area contributed by atoms with Gasteiger partial charge in [0, 0.05) is 23.5 Å². The van der Waals surface area contributed by atoms with Gasteiger partial charge in [-0.15, -0.1) is 0 Å². The lowest BCUT2D eigenvalue weighted by molar-refractivity contribution is 0.617. The van der Waals surface area contributed by atoms with Crippen LogP contribution in [0.4, 0.5) is 17.5 Å². The Kier molecular flexibility index (Phi) is 5.34. The zero-order chi connectivity index (χ0) is 16.9. The van der Waals surface area contributed by atoms with Gasteiger partial charge in [-0.25, -0.2) is 4.98 Å². The van der Waals surface area contributed by atoms with Crippen LogP contribution in [0.25, 0.3) is 0 Å². The van der Waals surface area contributed by atoms with Crippen molar-refractivity contribution < 1.29 is 0 Å². The highest BCUT2D eigenvalue weighted by molar-refractivity contribution is 5.61. The summed E-state index contributed by atoms with van der Waals surface area (Å²) in [4.78, 5) is 9.24. The van der Waals surface area contributed by atoms with Crippen molar-refractivity contribution in [1.29, 1.82) is 0 Å². The number of hydrogen-bond donors (Lipinski definition) is 2. The molecular weight excluding hydrogens is 296 g/mol. The summed E-state index contributed by atoms with van der Waals surface area (Å²) in [5, 5.41) is 7.00. The van der Waals surface area contributed by atoms with Crippen molar-refractivity contribution in [3.63, 3.8) is 0 Å². The topological polar surface area (TPSA) is 49.8 Å². The molecule has 0 atom stereocenters. The Morgan fingerprint density at radius 2 is 1.71 bits per heavy atom. The molecule has 0 radical (unpaired) electrons. The molecule has 0 unspecified atom stereocenters. The number of benzene rings is 1. The molecule has 1 saturated carbocycles. The van der Waals surface area contributed by atoms with Crippen molar-refractivity contribution in [2.24, 2.45) is 0 Å². The van der Waals surface area contributed by atoms with Gasteiger partial charge in [0.1, 0.15) is 5.82 Å². The Balaban J connectivity index is 1.77. The first-order valence-corrected chi connectivity index (χ1v) is 9.07. The van der Waals surface area contributed by atoms with Crippen LogP contribution in [0.2, 0.25) is 0 Å². The molecule has 0 spiro atoms. The quantitative estimate of drug-likeness (QED) is 0.751. The van der Waals surface area contributed by atoms with Gasteiger partial charge in [0.25, 0.3) is 0 Å². The minimum Gasteiger partial charge on any atom is -0.367 e. The van der Waals surface area contributed by atoms with Crippen LogP contribution in [0.3, 0.4) is 0 Å². The smallest absolute Gasteiger partial charge is 0.229 e. The Bertz CT molecular complexity index is 688. The van der Waals surface area contributed by atoms with E-state index < -0.39 is 0 Å². The van der Waals surface area contributed by atoms with Gasteiger partial charge in [-0.2, -0.15) is 4.98 Å². The highest BCUT2D eigenvalue weighted by Crippen LogP contribution is 2.24. The van der Waals surface area contributed by atoms with Gasteiger partial charge in [-0.05, 0) is 50.8 Å². The summed E-state index contributed by atoms with van der Waals surface area (Å²) < 4.78 is 0. The summed E-state index contributed by atoms with van der Waals surface area (Å²) >= 11 is 0. The number of nitrogens with one attached hydrogen (secondary N) is 2. The fourth-order valence-electron chi connectivity index (χ4n) is 3.34. The van der Waals surface area contributed by atoms with E-state index in [1.807, 2.05) is 13.0 Å². The second-order valence-electron chi connectivity index (χ2n) is 6.92. The van der Waals surface area contributed by atoms with Gasteiger partial charge in [-0.1, -0.05) is 37.8 Å². The first-order valence-electron chi connectivity index (χ1n) is 9.07. The van der Waals surface area contributed by atoms with Crippen LogP contribution >= 0.6 is 0 Å². The Morgan fingerprint density at radius 3 is 2.46 bits per heavy atom. The third kappa shape index (κ3) is 4.25. The molecule has 1 aromatic carbocycles. The van der Waals surface area contributed by atoms with Gasteiger partial charge < -0.3 is 10.6 Å². The van der Waals surface area contributed by atoms with E-state index in [4.69, 9.17) is 4.98 Å². The number of anilines is 3. The maximum Gasteiger partial charge on any atom is 0.229 e. The average molecular weight is 324 g/mol. The fraction of sp³-hybridized carbons (Fsp3) is 0.500. The first-order chi connectivity index (χ1) is 11.6. The molecular formula is C20H28N4. The molecule has 128 valence electrons. The second kappa shape index (κ2) is 7.65. The number of aryl methyl sites for hydroxylation is 2. The van der Waals surface area contributed by atoms with Crippen LogP contribution in [-0.2, 0) is 0 Å². The fourth-order valence-corrected chi connectivity index (χ4v) is 3.34. The minimum absolute atomic E-state index is 0.537. The number of rotatable bonds is 4. The van der Waals surface area contributed by atoms with Crippen LogP contribution in [0.5, 0.6) is 0 Å². The van der Waals surface area contributed by atoms with E-state index in [9.17, 15) is 0 Å². The van der Waals surface area contributed by atoms with Crippen LogP contribution in [-0.4, -0.2) is 16.0 Å². The molecule has 0 bridgehead atoms. The molecule has 4 heteroatoms. The van der Waals surface area contributed by atoms with Crippen LogP contribution < -0.4 is 10.6 Å². The van der Waals surface area contributed by atoms with E-state index in [2.05, 4.69) is 47.7 Å². The maximum atomic E-state index is 4.69. The molecule has 0 aliphatic heterocycles. The second-order valence-corrected chi connectivity index (χ2v) is 6.92. The van der Waals surface area contributed by atoms with E-state index in [1.54, 1.807) is 0 Å². The number of hydrogen-bond acceptors (Lipinski definition) is 4. The summed E-state index contributed by atoms with van der Waals surface area (Å²) in [6.07, 6.45) is 7.83. The molecule has 2 aromatic rings. The zero-order valence-corrected chi connectivity index (χ0v) is 15.0. The standard InChI is InChI=1S/C20H28N4/c1-14-9-8-12-18(16(14)3)23-20-21-15(2)13-19(24-20)22-17-10-6-4-5-7-11-17/h8-9,12-13,17H,4-7,10-11H2,1-3H3,(H2,21,22,23,24). The molecule has 1 fully saturated rings. The minimum atomic E-state index is 0.537. The maximum absolute atomic E-state index is 4.69. The van der Waals surface area contributed by atoms with Crippen molar-refractivity contribution in [2.75, 3.05) is 10.6 Å². The predicted molar refractivity (Wildman–Crippen MR) is 101 cm³/mol. The normalized spacial score (nSPS) is 15.8. The van der Waals surface area contributed by atoms with Crippen LogP contribution in [0, 0.1) is 20.8 Å². The lowest BCUT2D eigenvalue weighted by Crippen LogP contribution is -2.19. The lowest BCUT2D eigenvalue weighted by Gasteiger charge is -2.18. The third-order valence-corrected chi connectivity index (χ3v) is 4.91. The van der Waals surface area contributed by atoms with E-state index in [0.717, 1.165) is 17.2 Å². The molecule has 0 saturated heterocycles. The Hall–Kier alpha value is -2.10. The first kappa shape index (κ1) is 16.7. The number of nitrogens with zero attached hydrogens (tertiary/aromatic N) is 2. The molecule has 1 aliphatic rings. The van der Waals surface area contributed by atoms with E-state index >= 15 is 0 Å². The molecule has 1 heterocycles. The lowest BCUT2D eigenvalue weighted by atomic mass is 10.1. The van der Waals surface area contributed by atoms with Gasteiger partial charge in [0.15, 0.2) is 0 Å². The molecule has 0 amide bonds. The summed E-state index contributed by atoms with van der Waals surface area (Å²) in [7, 11) is 0. The largest absolute Gasteiger partial charge is 0.367 e. The Labute approximate surface area is 145 Å². The highest BCUT2D eigenvalue weighted by Gasteiger charge is 2.13. The van der Waals surface area contributed by atoms with E-state index in [1.165, 1.54) is 49.7 Å². The van der Waals surface area contributed by atoms with Gasteiger partial charge in [0.2, 0.25) is 5.95 Å². The summed E-state index contributed by atoms with van der Waals surface area (Å²) in [5.41, 5.74) is 4.56. The van der Waals surface area contributed by atoms with Gasteiger partial charge in [0.05, 0.1) is 0 Å². The van der Waals surface area contributed by atoms with Gasteiger partial charge >= 0.3 is 0 Å². The predicted octanol–water partition coefficient (Wildman–Crippen LogP) is 5.28. The van der Waals surface area contributed by atoms with Gasteiger partial charge in [-0.3, -0.25) is 0 Å². The molecule has 2 N–H and O–H groups in total. The van der Waals surface area contributed by atoms with E-state index in [0.29, 0.717) is 12.0 Å². The Morgan fingerprint density at radius 1 is 0.958 bits per heavy atom. The number of aromatic nitrogens is 2. The summed E-state index contributed by atoms with van der Waals surface area (Å²) in [6, 6.07) is 8.84. The van der Waals surface area contributed by atoms with Crippen LogP contribution in [0.15, 0.2) is 24.3 Å². The monoisotopic (exact) mass is 324 g/mol. The van der Waals surface area contributed by atoms with E-state index in [-0.39, 0.29) is 0 Å². The highest BCUT2D eigenvalue weighted by atomic mass is 15.1. The average Bonchev–Trinajstić information content (AvgIpc) is 2.80. The summed E-state index contributed by atoms with van der Waals surface area (Å²) in [5.74, 6) is 1.60. The third-order valence-electron chi connectivity index (χ3n) is 4.91. The summed E-state index contributed by atoms with van der Waals surface area (Å²) in [6.45, 7) is 6.27. The molecule has 3 rings (SSSR count).